The first kappa shape index (κ1) is 16.3. The molecule has 1 heterocycles. The molecule has 21 heavy (non-hydrogen) atoms. The number of alkyl halides is 1. The van der Waals surface area contributed by atoms with Crippen LogP contribution in [-0.2, 0) is 16.8 Å². The Morgan fingerprint density at radius 2 is 2.00 bits per heavy atom. The molecule has 0 fully saturated rings. The molecule has 0 bridgehead atoms. The number of fused-ring (bicyclic) bond motifs is 1. The Labute approximate surface area is 130 Å². The predicted molar refractivity (Wildman–Crippen MR) is 84.1 cm³/mol. The van der Waals surface area contributed by atoms with E-state index in [0.29, 0.717) is 23.6 Å². The highest BCUT2D eigenvalue weighted by molar-refractivity contribution is 7.90. The highest BCUT2D eigenvalue weighted by Crippen LogP contribution is 2.31. The lowest BCUT2D eigenvalue weighted by Gasteiger charge is -2.33. The maximum Gasteiger partial charge on any atom is 0.303 e. The first-order valence-electron chi connectivity index (χ1n) is 6.80. The molecule has 2 rings (SSSR count). The van der Waals surface area contributed by atoms with Crippen molar-refractivity contribution < 1.29 is 13.2 Å². The zero-order valence-corrected chi connectivity index (χ0v) is 13.7. The van der Waals surface area contributed by atoms with E-state index < -0.39 is 10.2 Å². The van der Waals surface area contributed by atoms with Crippen LogP contribution >= 0.6 is 11.6 Å². The average molecular weight is 331 g/mol. The van der Waals surface area contributed by atoms with E-state index in [9.17, 15) is 13.2 Å². The summed E-state index contributed by atoms with van der Waals surface area (Å²) in [5.41, 5.74) is 2.10. The van der Waals surface area contributed by atoms with E-state index in [1.807, 2.05) is 0 Å². The molecule has 0 radical (unpaired) electrons. The summed E-state index contributed by atoms with van der Waals surface area (Å²) in [6, 6.07) is 5.19. The van der Waals surface area contributed by atoms with Crippen LogP contribution in [0.3, 0.4) is 0 Å². The Hall–Kier alpha value is -1.11. The molecule has 0 saturated heterocycles. The summed E-state index contributed by atoms with van der Waals surface area (Å²) in [6.07, 6.45) is 2.06. The van der Waals surface area contributed by atoms with E-state index in [4.69, 9.17) is 11.6 Å². The van der Waals surface area contributed by atoms with Crippen molar-refractivity contribution in [2.75, 3.05) is 24.3 Å². The number of nitrogens with zero attached hydrogens (tertiary/aromatic N) is 2. The van der Waals surface area contributed by atoms with Gasteiger partial charge < -0.3 is 0 Å². The van der Waals surface area contributed by atoms with Crippen LogP contribution in [0.5, 0.6) is 0 Å². The van der Waals surface area contributed by atoms with Gasteiger partial charge in [0.15, 0.2) is 5.78 Å². The minimum atomic E-state index is -3.44. The second kappa shape index (κ2) is 6.34. The van der Waals surface area contributed by atoms with Gasteiger partial charge in [0.25, 0.3) is 0 Å². The summed E-state index contributed by atoms with van der Waals surface area (Å²) in [5, 5.41) is 0. The summed E-state index contributed by atoms with van der Waals surface area (Å²) in [5.74, 6) is 0.631. The van der Waals surface area contributed by atoms with E-state index in [1.54, 1.807) is 18.2 Å². The first-order valence-corrected chi connectivity index (χ1v) is 8.73. The SMILES string of the molecule is CN1Cc2cc(C(=O)CCCCCl)ccc2N(C)S1(=O)=O. The van der Waals surface area contributed by atoms with Crippen LogP contribution < -0.4 is 4.31 Å². The first-order chi connectivity index (χ1) is 9.87. The Morgan fingerprint density at radius 1 is 1.29 bits per heavy atom. The monoisotopic (exact) mass is 330 g/mol. The number of carbonyl (C=O) groups is 1. The summed E-state index contributed by atoms with van der Waals surface area (Å²) < 4.78 is 26.6. The lowest BCUT2D eigenvalue weighted by atomic mass is 10.0. The fourth-order valence-corrected chi connectivity index (χ4v) is 3.71. The Morgan fingerprint density at radius 3 is 2.67 bits per heavy atom. The van der Waals surface area contributed by atoms with Gasteiger partial charge in [0.05, 0.1) is 5.69 Å². The summed E-state index contributed by atoms with van der Waals surface area (Å²) in [7, 11) is -0.386. The van der Waals surface area contributed by atoms with Gasteiger partial charge in [-0.15, -0.1) is 11.6 Å². The van der Waals surface area contributed by atoms with Gasteiger partial charge in [0, 0.05) is 38.5 Å². The van der Waals surface area contributed by atoms with Crippen molar-refractivity contribution >= 4 is 33.3 Å². The molecule has 5 nitrogen and oxygen atoms in total. The van der Waals surface area contributed by atoms with Gasteiger partial charge in [-0.2, -0.15) is 12.7 Å². The predicted octanol–water partition coefficient (Wildman–Crippen LogP) is 2.40. The minimum absolute atomic E-state index is 0.0710. The maximum absolute atomic E-state index is 12.1. The molecular weight excluding hydrogens is 312 g/mol. The topological polar surface area (TPSA) is 57.7 Å². The minimum Gasteiger partial charge on any atom is -0.294 e. The fraction of sp³-hybridized carbons (Fsp3) is 0.500. The Kier molecular flexibility index (Phi) is 4.91. The molecular formula is C14H19ClN2O3S. The number of unbranched alkanes of at least 4 members (excludes halogenated alkanes) is 1. The van der Waals surface area contributed by atoms with Gasteiger partial charge in [0.1, 0.15) is 0 Å². The molecule has 7 heteroatoms. The van der Waals surface area contributed by atoms with Crippen LogP contribution in [-0.4, -0.2) is 38.5 Å². The number of ketones is 1. The number of Topliss-reactive ketones (excluding diaryl/α,β-unsaturated/α-hetero) is 1. The molecule has 0 atom stereocenters. The van der Waals surface area contributed by atoms with Crippen LogP contribution in [0, 0.1) is 0 Å². The van der Waals surface area contributed by atoms with Crippen molar-refractivity contribution in [3.05, 3.63) is 29.3 Å². The van der Waals surface area contributed by atoms with E-state index >= 15 is 0 Å². The summed E-state index contributed by atoms with van der Waals surface area (Å²) in [4.78, 5) is 12.1. The Balaban J connectivity index is 2.25. The van der Waals surface area contributed by atoms with Crippen molar-refractivity contribution in [1.29, 1.82) is 0 Å². The van der Waals surface area contributed by atoms with Gasteiger partial charge in [-0.25, -0.2) is 0 Å². The Bertz CT molecular complexity index is 646. The van der Waals surface area contributed by atoms with Crippen LogP contribution in [0.15, 0.2) is 18.2 Å². The molecule has 0 unspecified atom stereocenters. The lowest BCUT2D eigenvalue weighted by molar-refractivity contribution is 0.0980. The number of hydrogen-bond donors (Lipinski definition) is 0. The van der Waals surface area contributed by atoms with Crippen molar-refractivity contribution in [3.63, 3.8) is 0 Å². The highest BCUT2D eigenvalue weighted by atomic mass is 35.5. The van der Waals surface area contributed by atoms with Gasteiger partial charge in [-0.05, 0) is 36.6 Å². The van der Waals surface area contributed by atoms with Crippen LogP contribution in [0.25, 0.3) is 0 Å². The van der Waals surface area contributed by atoms with Crippen molar-refractivity contribution in [2.45, 2.75) is 25.8 Å². The van der Waals surface area contributed by atoms with Crippen LogP contribution in [0.4, 0.5) is 5.69 Å². The van der Waals surface area contributed by atoms with E-state index in [2.05, 4.69) is 0 Å². The van der Waals surface area contributed by atoms with Crippen LogP contribution in [0.1, 0.15) is 35.2 Å². The zero-order valence-electron chi connectivity index (χ0n) is 12.2. The van der Waals surface area contributed by atoms with Crippen molar-refractivity contribution in [3.8, 4) is 0 Å². The number of anilines is 1. The number of carbonyl (C=O) groups excluding carboxylic acids is 1. The fourth-order valence-electron chi connectivity index (χ4n) is 2.37. The number of halogens is 1. The summed E-state index contributed by atoms with van der Waals surface area (Å²) >= 11 is 5.61. The van der Waals surface area contributed by atoms with Gasteiger partial charge in [-0.3, -0.25) is 9.10 Å². The molecule has 116 valence electrons. The normalized spacial score (nSPS) is 17.6. The van der Waals surface area contributed by atoms with Gasteiger partial charge in [-0.1, -0.05) is 0 Å². The lowest BCUT2D eigenvalue weighted by Crippen LogP contribution is -2.43. The number of benzene rings is 1. The largest absolute Gasteiger partial charge is 0.303 e. The van der Waals surface area contributed by atoms with Crippen molar-refractivity contribution in [1.82, 2.24) is 4.31 Å². The van der Waals surface area contributed by atoms with Crippen molar-refractivity contribution in [2.24, 2.45) is 0 Å². The summed E-state index contributed by atoms with van der Waals surface area (Å²) in [6.45, 7) is 0.283. The second-order valence-corrected chi connectivity index (χ2v) is 7.59. The maximum atomic E-state index is 12.1. The molecule has 1 aromatic rings. The van der Waals surface area contributed by atoms with Crippen LogP contribution in [0.2, 0.25) is 0 Å². The third kappa shape index (κ3) is 3.22. The third-order valence-corrected chi connectivity index (χ3v) is 5.73. The van der Waals surface area contributed by atoms with E-state index in [0.717, 1.165) is 18.4 Å². The standard InChI is InChI=1S/C14H19ClN2O3S/c1-16-10-12-9-11(14(18)5-3-4-8-15)6-7-13(12)17(2)21(16,19)20/h6-7,9H,3-5,8,10H2,1-2H3. The number of rotatable bonds is 5. The molecule has 0 saturated carbocycles. The van der Waals surface area contributed by atoms with Gasteiger partial charge in [0.2, 0.25) is 0 Å². The smallest absolute Gasteiger partial charge is 0.294 e. The highest BCUT2D eigenvalue weighted by Gasteiger charge is 2.31. The molecule has 0 N–H and O–H groups in total. The third-order valence-electron chi connectivity index (χ3n) is 3.66. The molecule has 0 aromatic heterocycles. The molecule has 0 spiro atoms. The molecule has 1 aromatic carbocycles. The van der Waals surface area contributed by atoms with E-state index in [-0.39, 0.29) is 12.3 Å². The molecule has 0 aliphatic carbocycles. The second-order valence-electron chi connectivity index (χ2n) is 5.14. The zero-order chi connectivity index (χ0) is 15.6. The number of hydrogen-bond acceptors (Lipinski definition) is 3. The molecule has 1 aliphatic rings. The van der Waals surface area contributed by atoms with Gasteiger partial charge >= 0.3 is 10.2 Å². The quantitative estimate of drug-likeness (QED) is 0.473. The van der Waals surface area contributed by atoms with E-state index in [1.165, 1.54) is 22.7 Å². The average Bonchev–Trinajstić information content (AvgIpc) is 2.45. The molecule has 0 amide bonds. The molecule has 1 aliphatic heterocycles.